The van der Waals surface area contributed by atoms with Crippen LogP contribution in [0.1, 0.15) is 137 Å². The molecule has 3 aliphatic heterocycles. The topological polar surface area (TPSA) is 152 Å². The van der Waals surface area contributed by atoms with Crippen LogP contribution in [0.4, 0.5) is 57.0 Å². The Balaban J connectivity index is 0.944. The van der Waals surface area contributed by atoms with Gasteiger partial charge in [-0.05, 0) is 73.0 Å². The van der Waals surface area contributed by atoms with Crippen LogP contribution in [0.5, 0.6) is 0 Å². The molecule has 6 heterocycles. The Labute approximate surface area is 459 Å². The lowest BCUT2D eigenvalue weighted by Crippen LogP contribution is -2.45. The maximum atomic E-state index is 16.2. The molecule has 6 aromatic rings. The number of alkyl halides is 9. The van der Waals surface area contributed by atoms with Crippen molar-refractivity contribution in [2.45, 2.75) is 135 Å². The molecule has 4 N–H and O–H groups in total. The second kappa shape index (κ2) is 17.4. The minimum Gasteiger partial charge on any atom is -0.342 e. The first-order chi connectivity index (χ1) is 37.8. The number of halogens is 9. The molecule has 12 nitrogen and oxygen atoms in total. The Morgan fingerprint density at radius 1 is 0.444 bits per heavy atom. The fraction of sp³-hybridized carbons (Fsp3) is 0.400. The highest BCUT2D eigenvalue weighted by Gasteiger charge is 2.59. The van der Waals surface area contributed by atoms with Crippen molar-refractivity contribution in [2.75, 3.05) is 16.0 Å². The number of anilines is 3. The quantitative estimate of drug-likeness (QED) is 0.115. The fourth-order valence-corrected chi connectivity index (χ4v) is 14.7. The maximum Gasteiger partial charge on any atom is 0.433 e. The standard InChI is InChI=1S/C60H56F9N9O3/c1-52(2)23-34-40(37(79)26-52)56(6,32-19-13-9-14-20-32)44-47(59(64,65)66)77(75-50(44)71-34)30-54(4)25-36-42(39(81)28-54)57(7,33-21-15-10-16-22-33)45-48(60(67,68)69)78(76-51(45)72-36)29-53(3)24-35-41(38(80)27-53)55(5,31-17-11-8-12-18-31)43-46(58(61,62)63)73-74-49(43)70-35/h8-22H,23-30H2,1-7H3,(H,71,75)(H,72,76)(H2,70,73,74)/t53?,54?,55?,56-,57+/m0/s1. The first-order valence-electron chi connectivity index (χ1n) is 26.6. The average Bonchev–Trinajstić information content (AvgIpc) is 2.02. The molecular formula is C60H56F9N9O3. The number of ketones is 3. The third-order valence-corrected chi connectivity index (χ3v) is 17.8. The molecule has 3 aromatic heterocycles. The zero-order valence-electron chi connectivity index (χ0n) is 45.2. The summed E-state index contributed by atoms with van der Waals surface area (Å²) in [7, 11) is 0. The van der Waals surface area contributed by atoms with Crippen molar-refractivity contribution >= 4 is 34.8 Å². The number of rotatable bonds is 7. The number of aromatic amines is 1. The smallest absolute Gasteiger partial charge is 0.342 e. The van der Waals surface area contributed by atoms with Gasteiger partial charge < -0.3 is 16.0 Å². The molecule has 0 radical (unpaired) electrons. The molecule has 3 aliphatic carbocycles. The highest BCUT2D eigenvalue weighted by molar-refractivity contribution is 6.05. The summed E-state index contributed by atoms with van der Waals surface area (Å²) >= 11 is 0. The van der Waals surface area contributed by atoms with Gasteiger partial charge >= 0.3 is 18.5 Å². The highest BCUT2D eigenvalue weighted by Crippen LogP contribution is 2.60. The van der Waals surface area contributed by atoms with Crippen LogP contribution in [-0.2, 0) is 62.2 Å². The molecule has 422 valence electrons. The Bertz CT molecular complexity index is 3770. The monoisotopic (exact) mass is 1120 g/mol. The van der Waals surface area contributed by atoms with Gasteiger partial charge in [0.15, 0.2) is 34.8 Å². The lowest BCUT2D eigenvalue weighted by Gasteiger charge is -2.45. The van der Waals surface area contributed by atoms with Crippen LogP contribution in [0.25, 0.3) is 0 Å². The molecule has 0 fully saturated rings. The highest BCUT2D eigenvalue weighted by atomic mass is 19.4. The molecule has 0 saturated heterocycles. The van der Waals surface area contributed by atoms with E-state index in [1.165, 1.54) is 13.8 Å². The number of nitrogens with zero attached hydrogens (tertiary/aromatic N) is 5. The van der Waals surface area contributed by atoms with Crippen molar-refractivity contribution < 1.29 is 53.9 Å². The van der Waals surface area contributed by atoms with Crippen LogP contribution in [0.2, 0.25) is 0 Å². The molecule has 21 heteroatoms. The molecule has 0 bridgehead atoms. The second-order valence-corrected chi connectivity index (χ2v) is 24.8. The SMILES string of the molecule is CC1(C)CC(=O)C2=C(C1)Nc1nn(CC3(C)CC(=O)C4=C(C3)Nc3nn(CC5(C)CC(=O)C6=C(C5)Nc5n[nH]c(C(F)(F)F)c5C6(C)c5ccccc5)c(C(F)(F)F)c3[C@]4(C)c3ccccc3)c(C(F)(F)F)c1[C@@]2(C)c1ccccc1. The molecule has 6 aliphatic rings. The second-order valence-electron chi connectivity index (χ2n) is 24.8. The van der Waals surface area contributed by atoms with E-state index in [2.05, 4.69) is 36.3 Å². The number of aromatic nitrogens is 6. The largest absolute Gasteiger partial charge is 0.433 e. The lowest BCUT2D eigenvalue weighted by molar-refractivity contribution is -0.147. The molecule has 3 aromatic carbocycles. The zero-order valence-corrected chi connectivity index (χ0v) is 45.2. The van der Waals surface area contributed by atoms with Crippen molar-refractivity contribution in [2.24, 2.45) is 16.2 Å². The van der Waals surface area contributed by atoms with Gasteiger partial charge in [0.25, 0.3) is 0 Å². The van der Waals surface area contributed by atoms with Gasteiger partial charge in [-0.3, -0.25) is 28.8 Å². The number of Topliss-reactive ketones (excluding diaryl/α,β-unsaturated/α-hetero) is 3. The summed E-state index contributed by atoms with van der Waals surface area (Å²) in [6.07, 6.45) is -15.7. The van der Waals surface area contributed by atoms with Crippen LogP contribution in [0.3, 0.4) is 0 Å². The number of carbonyl (C=O) groups is 3. The van der Waals surface area contributed by atoms with E-state index in [1.807, 2.05) is 13.8 Å². The van der Waals surface area contributed by atoms with Gasteiger partial charge in [-0.15, -0.1) is 0 Å². The minimum atomic E-state index is -5.14. The van der Waals surface area contributed by atoms with Crippen LogP contribution < -0.4 is 16.0 Å². The Hall–Kier alpha value is -7.71. The predicted molar refractivity (Wildman–Crippen MR) is 281 cm³/mol. The zero-order chi connectivity index (χ0) is 58.0. The summed E-state index contributed by atoms with van der Waals surface area (Å²) in [4.78, 5) is 44.2. The molecule has 0 saturated carbocycles. The van der Waals surface area contributed by atoms with Crippen molar-refractivity contribution in [3.05, 3.63) is 175 Å². The Morgan fingerprint density at radius 3 is 1.16 bits per heavy atom. The molecule has 12 rings (SSSR count). The van der Waals surface area contributed by atoms with Crippen molar-refractivity contribution in [1.29, 1.82) is 0 Å². The van der Waals surface area contributed by atoms with E-state index in [4.69, 9.17) is 0 Å². The first kappa shape index (κ1) is 53.9. The predicted octanol–water partition coefficient (Wildman–Crippen LogP) is 13.3. The van der Waals surface area contributed by atoms with Gasteiger partial charge in [0.1, 0.15) is 17.1 Å². The third kappa shape index (κ3) is 8.15. The average molecular weight is 1120 g/mol. The molecular weight excluding hydrogens is 1070 g/mol. The van der Waals surface area contributed by atoms with E-state index >= 15 is 31.1 Å². The van der Waals surface area contributed by atoms with Crippen molar-refractivity contribution in [3.63, 3.8) is 0 Å². The number of H-pyrrole nitrogens is 1. The van der Waals surface area contributed by atoms with Crippen LogP contribution in [0, 0.1) is 16.2 Å². The van der Waals surface area contributed by atoms with Gasteiger partial charge in [0.05, 0.1) is 16.2 Å². The van der Waals surface area contributed by atoms with Gasteiger partial charge in [-0.1, -0.05) is 119 Å². The molecule has 3 unspecified atom stereocenters. The Kier molecular flexibility index (Phi) is 11.6. The van der Waals surface area contributed by atoms with E-state index in [9.17, 15) is 22.8 Å². The normalized spacial score (nSPS) is 27.1. The summed E-state index contributed by atoms with van der Waals surface area (Å²) in [5.74, 6) is -2.05. The summed E-state index contributed by atoms with van der Waals surface area (Å²) in [6.45, 7) is 10.7. The van der Waals surface area contributed by atoms with Gasteiger partial charge in [0.2, 0.25) is 0 Å². The van der Waals surface area contributed by atoms with E-state index in [0.29, 0.717) is 28.8 Å². The fourth-order valence-electron chi connectivity index (χ4n) is 14.7. The van der Waals surface area contributed by atoms with E-state index in [1.54, 1.807) is 112 Å². The Morgan fingerprint density at radius 2 is 0.790 bits per heavy atom. The maximum absolute atomic E-state index is 16.2. The molecule has 5 atom stereocenters. The number of benzene rings is 3. The number of allylic oxidation sites excluding steroid dienone is 6. The summed E-state index contributed by atoms with van der Waals surface area (Å²) in [6, 6.07) is 24.7. The first-order valence-corrected chi connectivity index (χ1v) is 26.6. The van der Waals surface area contributed by atoms with E-state index in [-0.39, 0.29) is 87.3 Å². The van der Waals surface area contributed by atoms with Crippen molar-refractivity contribution in [1.82, 2.24) is 29.8 Å². The number of hydrogen-bond acceptors (Lipinski definition) is 9. The molecule has 0 amide bonds. The molecule has 0 spiro atoms. The van der Waals surface area contributed by atoms with Crippen molar-refractivity contribution in [3.8, 4) is 0 Å². The van der Waals surface area contributed by atoms with Crippen LogP contribution >= 0.6 is 0 Å². The summed E-state index contributed by atoms with van der Waals surface area (Å²) in [5, 5.41) is 24.5. The number of nitrogens with one attached hydrogen (secondary N) is 4. The van der Waals surface area contributed by atoms with E-state index < -0.39 is 106 Å². The number of fused-ring (bicyclic) bond motifs is 3. The number of hydrogen-bond donors (Lipinski definition) is 4. The van der Waals surface area contributed by atoms with Crippen LogP contribution in [0.15, 0.2) is 125 Å². The molecule has 81 heavy (non-hydrogen) atoms. The van der Waals surface area contributed by atoms with Crippen LogP contribution in [-0.4, -0.2) is 47.1 Å². The van der Waals surface area contributed by atoms with Gasteiger partial charge in [-0.2, -0.15) is 54.8 Å². The van der Waals surface area contributed by atoms with E-state index in [0.717, 1.165) is 9.36 Å². The lowest BCUT2D eigenvalue weighted by atomic mass is 9.61. The van der Waals surface area contributed by atoms with Gasteiger partial charge in [0, 0.05) is 82.9 Å². The summed E-state index contributed by atoms with van der Waals surface area (Å²) in [5.41, 5.74) is -10.6. The van der Waals surface area contributed by atoms with Gasteiger partial charge in [-0.25, -0.2) is 0 Å². The summed E-state index contributed by atoms with van der Waals surface area (Å²) < 4.78 is 142. The number of carbonyl (C=O) groups excluding carboxylic acids is 3. The third-order valence-electron chi connectivity index (χ3n) is 17.8. The minimum absolute atomic E-state index is 0.0205.